The van der Waals surface area contributed by atoms with E-state index >= 15 is 0 Å². The summed E-state index contributed by atoms with van der Waals surface area (Å²) in [7, 11) is 3.23. The van der Waals surface area contributed by atoms with E-state index in [2.05, 4.69) is 4.98 Å². The van der Waals surface area contributed by atoms with Gasteiger partial charge in [0.2, 0.25) is 0 Å². The highest BCUT2D eigenvalue weighted by Crippen LogP contribution is 2.42. The predicted octanol–water partition coefficient (Wildman–Crippen LogP) is 3.82. The van der Waals surface area contributed by atoms with Gasteiger partial charge in [-0.2, -0.15) is 0 Å². The largest absolute Gasteiger partial charge is 0.497 e. The number of hydrogen-bond donors (Lipinski definition) is 2. The molecule has 0 unspecified atom stereocenters. The Morgan fingerprint density at radius 3 is 2.02 bits per heavy atom. The molecular weight excluding hydrogens is 627 g/mol. The van der Waals surface area contributed by atoms with Gasteiger partial charge in [0, 0.05) is 12.6 Å². The molecular formula is C30H29IN2O7. The molecule has 2 heterocycles. The van der Waals surface area contributed by atoms with Crippen molar-refractivity contribution in [3.8, 4) is 11.5 Å². The van der Waals surface area contributed by atoms with E-state index < -0.39 is 35.3 Å². The number of H-pyrrole nitrogens is 1. The Kier molecular flexibility index (Phi) is 8.40. The molecule has 5 rings (SSSR count). The van der Waals surface area contributed by atoms with Crippen LogP contribution in [-0.4, -0.2) is 47.7 Å². The fraction of sp³-hybridized carbons (Fsp3) is 0.267. The second kappa shape index (κ2) is 12.0. The number of halogens is 1. The lowest BCUT2D eigenvalue weighted by Crippen LogP contribution is -2.38. The molecule has 1 aromatic heterocycles. The average molecular weight is 656 g/mol. The summed E-state index contributed by atoms with van der Waals surface area (Å²) < 4.78 is 25.4. The van der Waals surface area contributed by atoms with Crippen LogP contribution in [0.25, 0.3) is 0 Å². The van der Waals surface area contributed by atoms with E-state index in [9.17, 15) is 14.7 Å². The maximum atomic E-state index is 12.5. The molecule has 2 N–H and O–H groups in total. The zero-order chi connectivity index (χ0) is 28.3. The molecule has 1 fully saturated rings. The quantitative estimate of drug-likeness (QED) is 0.208. The number of benzene rings is 3. The fourth-order valence-corrected chi connectivity index (χ4v) is 5.43. The van der Waals surface area contributed by atoms with Crippen LogP contribution in [-0.2, 0) is 15.1 Å². The van der Waals surface area contributed by atoms with Gasteiger partial charge in [0.05, 0.1) is 30.5 Å². The van der Waals surface area contributed by atoms with Crippen LogP contribution in [0.5, 0.6) is 11.5 Å². The summed E-state index contributed by atoms with van der Waals surface area (Å²) in [5, 5.41) is 11.0. The van der Waals surface area contributed by atoms with Crippen LogP contribution in [0.4, 0.5) is 0 Å². The number of ether oxygens (including phenoxy) is 4. The first-order chi connectivity index (χ1) is 19.3. The predicted molar refractivity (Wildman–Crippen MR) is 157 cm³/mol. The summed E-state index contributed by atoms with van der Waals surface area (Å²) in [6.45, 7) is 0.0137. The zero-order valence-electron chi connectivity index (χ0n) is 22.0. The van der Waals surface area contributed by atoms with Gasteiger partial charge in [-0.1, -0.05) is 54.6 Å². The van der Waals surface area contributed by atoms with E-state index in [1.807, 2.05) is 101 Å². The Bertz CT molecular complexity index is 1500. The van der Waals surface area contributed by atoms with Gasteiger partial charge in [-0.15, -0.1) is 0 Å². The van der Waals surface area contributed by atoms with Crippen molar-refractivity contribution in [1.29, 1.82) is 0 Å². The second-order valence-electron chi connectivity index (χ2n) is 9.39. The van der Waals surface area contributed by atoms with Crippen LogP contribution in [0.3, 0.4) is 0 Å². The van der Waals surface area contributed by atoms with Gasteiger partial charge in [-0.25, -0.2) is 4.79 Å². The Labute approximate surface area is 244 Å². The lowest BCUT2D eigenvalue weighted by Gasteiger charge is -2.37. The summed E-state index contributed by atoms with van der Waals surface area (Å²) in [5.41, 5.74) is 0.428. The molecule has 0 bridgehead atoms. The summed E-state index contributed by atoms with van der Waals surface area (Å²) in [6.07, 6.45) is -0.789. The van der Waals surface area contributed by atoms with E-state index in [1.165, 1.54) is 10.8 Å². The molecule has 3 aromatic carbocycles. The first-order valence-corrected chi connectivity index (χ1v) is 13.8. The zero-order valence-corrected chi connectivity index (χ0v) is 24.1. The van der Waals surface area contributed by atoms with Gasteiger partial charge < -0.3 is 24.1 Å². The van der Waals surface area contributed by atoms with Crippen LogP contribution in [0.15, 0.2) is 94.6 Å². The molecule has 0 radical (unpaired) electrons. The third-order valence-corrected chi connectivity index (χ3v) is 7.84. The van der Waals surface area contributed by atoms with E-state index in [0.29, 0.717) is 15.1 Å². The van der Waals surface area contributed by atoms with Crippen molar-refractivity contribution in [3.05, 3.63) is 126 Å². The van der Waals surface area contributed by atoms with Crippen LogP contribution in [0.1, 0.15) is 29.3 Å². The third-order valence-electron chi connectivity index (χ3n) is 7.08. The van der Waals surface area contributed by atoms with Crippen molar-refractivity contribution in [2.75, 3.05) is 20.8 Å². The Morgan fingerprint density at radius 2 is 1.48 bits per heavy atom. The number of aromatic amines is 1. The van der Waals surface area contributed by atoms with Gasteiger partial charge in [0.15, 0.2) is 0 Å². The van der Waals surface area contributed by atoms with Gasteiger partial charge in [-0.05, 0) is 63.5 Å². The SMILES string of the molecule is COc1ccc(C(OC[C@@H]2O[C@H](n3cc(I)c(=O)[nH]c3=O)C[C@H]2O)(c2ccccc2)c2ccc(OC)cc2)cc1. The highest BCUT2D eigenvalue weighted by molar-refractivity contribution is 14.1. The molecule has 1 saturated heterocycles. The van der Waals surface area contributed by atoms with Crippen LogP contribution >= 0.6 is 22.6 Å². The number of hydrogen-bond acceptors (Lipinski definition) is 7. The number of aliphatic hydroxyl groups excluding tert-OH is 1. The number of aliphatic hydroxyl groups is 1. The van der Waals surface area contributed by atoms with E-state index in [-0.39, 0.29) is 13.0 Å². The number of nitrogens with zero attached hydrogens (tertiary/aromatic N) is 1. The molecule has 208 valence electrons. The standard InChI is InChI=1S/C30H29IN2O7/c1-37-22-12-8-20(9-13-22)30(19-6-4-3-5-7-19,21-10-14-23(38-2)15-11-21)39-18-26-25(34)16-27(40-26)33-17-24(31)28(35)32-29(33)36/h3-15,17,25-27,34H,16,18H2,1-2H3,(H,32,35,36)/t25-,26+,27+/m1/s1. The van der Waals surface area contributed by atoms with Gasteiger partial charge >= 0.3 is 5.69 Å². The minimum atomic E-state index is -1.08. The van der Waals surface area contributed by atoms with E-state index in [4.69, 9.17) is 18.9 Å². The van der Waals surface area contributed by atoms with Crippen molar-refractivity contribution in [2.24, 2.45) is 0 Å². The van der Waals surface area contributed by atoms with Gasteiger partial charge in [0.1, 0.15) is 29.4 Å². The highest BCUT2D eigenvalue weighted by atomic mass is 127. The van der Waals surface area contributed by atoms with Crippen LogP contribution in [0, 0.1) is 3.57 Å². The Balaban J connectivity index is 1.54. The molecule has 9 nitrogen and oxygen atoms in total. The third kappa shape index (κ3) is 5.44. The van der Waals surface area contributed by atoms with Crippen molar-refractivity contribution >= 4 is 22.6 Å². The minimum absolute atomic E-state index is 0.0137. The summed E-state index contributed by atoms with van der Waals surface area (Å²) in [4.78, 5) is 26.6. The van der Waals surface area contributed by atoms with Gasteiger partial charge in [0.25, 0.3) is 5.56 Å². The first-order valence-electron chi connectivity index (χ1n) is 12.7. The lowest BCUT2D eigenvalue weighted by molar-refractivity contribution is -0.0944. The molecule has 1 aliphatic heterocycles. The molecule has 0 saturated carbocycles. The molecule has 10 heteroatoms. The lowest BCUT2D eigenvalue weighted by atomic mass is 9.80. The summed E-state index contributed by atoms with van der Waals surface area (Å²) in [6, 6.07) is 25.1. The van der Waals surface area contributed by atoms with Crippen molar-refractivity contribution in [2.45, 2.75) is 30.5 Å². The van der Waals surface area contributed by atoms with Crippen molar-refractivity contribution < 1.29 is 24.1 Å². The Morgan fingerprint density at radius 1 is 0.925 bits per heavy atom. The minimum Gasteiger partial charge on any atom is -0.497 e. The van der Waals surface area contributed by atoms with E-state index in [0.717, 1.165) is 16.7 Å². The second-order valence-corrected chi connectivity index (χ2v) is 10.6. The number of aromatic nitrogens is 2. The topological polar surface area (TPSA) is 112 Å². The first kappa shape index (κ1) is 28.1. The van der Waals surface area contributed by atoms with Crippen LogP contribution in [0.2, 0.25) is 0 Å². The van der Waals surface area contributed by atoms with Crippen LogP contribution < -0.4 is 20.7 Å². The van der Waals surface area contributed by atoms with Crippen molar-refractivity contribution in [3.63, 3.8) is 0 Å². The average Bonchev–Trinajstić information content (AvgIpc) is 3.36. The molecule has 0 aliphatic carbocycles. The smallest absolute Gasteiger partial charge is 0.330 e. The molecule has 0 spiro atoms. The van der Waals surface area contributed by atoms with Gasteiger partial charge in [-0.3, -0.25) is 14.3 Å². The summed E-state index contributed by atoms with van der Waals surface area (Å²) in [5.74, 6) is 1.41. The monoisotopic (exact) mass is 656 g/mol. The molecule has 3 atom stereocenters. The fourth-order valence-electron chi connectivity index (χ4n) is 4.99. The highest BCUT2D eigenvalue weighted by Gasteiger charge is 2.42. The maximum Gasteiger partial charge on any atom is 0.330 e. The molecule has 1 aliphatic rings. The van der Waals surface area contributed by atoms with E-state index in [1.54, 1.807) is 14.2 Å². The number of rotatable bonds is 9. The summed E-state index contributed by atoms with van der Waals surface area (Å²) >= 11 is 1.86. The maximum absolute atomic E-state index is 12.5. The molecule has 0 amide bonds. The number of nitrogens with one attached hydrogen (secondary N) is 1. The van der Waals surface area contributed by atoms with Crippen molar-refractivity contribution in [1.82, 2.24) is 9.55 Å². The molecule has 4 aromatic rings. The number of methoxy groups -OCH3 is 2. The molecule has 40 heavy (non-hydrogen) atoms. The normalized spacial score (nSPS) is 18.9. The Hall–Kier alpha value is -3.45.